The van der Waals surface area contributed by atoms with Crippen LogP contribution in [-0.4, -0.2) is 26.7 Å². The Morgan fingerprint density at radius 2 is 1.47 bits per heavy atom. The molecule has 0 radical (unpaired) electrons. The van der Waals surface area contributed by atoms with Gasteiger partial charge >= 0.3 is 0 Å². The number of rotatable bonds is 4. The van der Waals surface area contributed by atoms with Gasteiger partial charge in [0.25, 0.3) is 0 Å². The molecule has 0 unspecified atom stereocenters. The van der Waals surface area contributed by atoms with Crippen molar-refractivity contribution in [3.63, 3.8) is 0 Å². The Morgan fingerprint density at radius 3 is 2.28 bits per heavy atom. The molecule has 216 valence electrons. The topological polar surface area (TPSA) is 46.4 Å². The summed E-state index contributed by atoms with van der Waals surface area (Å²) in [4.78, 5) is 14.2. The number of ether oxygens (including phenoxy) is 1. The second-order valence-electron chi connectivity index (χ2n) is 13.3. The monoisotopic (exact) mass is 567 g/mol. The van der Waals surface area contributed by atoms with E-state index in [1.54, 1.807) is 0 Å². The lowest BCUT2D eigenvalue weighted by Crippen LogP contribution is -2.43. The quantitative estimate of drug-likeness (QED) is 0.212. The van der Waals surface area contributed by atoms with Crippen LogP contribution in [0.5, 0.6) is 11.5 Å². The average molecular weight is 568 g/mol. The second-order valence-corrected chi connectivity index (χ2v) is 13.3. The molecule has 0 fully saturated rings. The van der Waals surface area contributed by atoms with Crippen molar-refractivity contribution >= 4 is 39.0 Å². The predicted octanol–water partition coefficient (Wildman–Crippen LogP) is 9.38. The molecule has 0 atom stereocenters. The van der Waals surface area contributed by atoms with Crippen molar-refractivity contribution in [3.05, 3.63) is 109 Å². The number of para-hydroxylation sites is 1. The molecule has 0 aliphatic carbocycles. The van der Waals surface area contributed by atoms with E-state index in [9.17, 15) is 0 Å². The van der Waals surface area contributed by atoms with Gasteiger partial charge in [-0.1, -0.05) is 45.0 Å². The average Bonchev–Trinajstić information content (AvgIpc) is 3.53. The highest BCUT2D eigenvalue weighted by Gasteiger charge is 2.34. The van der Waals surface area contributed by atoms with Gasteiger partial charge in [0, 0.05) is 46.5 Å². The first-order valence-electron chi connectivity index (χ1n) is 14.9. The molecule has 6 aromatic rings. The molecule has 1 aliphatic heterocycles. The van der Waals surface area contributed by atoms with Gasteiger partial charge in [-0.2, -0.15) is 0 Å². The van der Waals surface area contributed by atoms with E-state index in [-0.39, 0.29) is 11.0 Å². The van der Waals surface area contributed by atoms with Gasteiger partial charge in [-0.3, -0.25) is 4.57 Å². The Hall–Kier alpha value is -4.84. The summed E-state index contributed by atoms with van der Waals surface area (Å²) in [7, 11) is 0. The summed E-state index contributed by atoms with van der Waals surface area (Å²) in [5.74, 6) is 3.47. The predicted molar refractivity (Wildman–Crippen MR) is 177 cm³/mol. The van der Waals surface area contributed by atoms with Crippen LogP contribution in [-0.2, 0) is 5.41 Å². The summed E-state index contributed by atoms with van der Waals surface area (Å²) in [6, 6.07) is 31.6. The molecule has 3 aromatic carbocycles. The van der Waals surface area contributed by atoms with Gasteiger partial charge in [0.1, 0.15) is 17.3 Å². The Morgan fingerprint density at radius 1 is 0.674 bits per heavy atom. The minimum atomic E-state index is -0.0545. The molecule has 0 amide bonds. The molecular formula is C37H37N5O. The van der Waals surface area contributed by atoms with Crippen LogP contribution in [0, 0.1) is 0 Å². The fourth-order valence-electron chi connectivity index (χ4n) is 5.96. The first-order valence-corrected chi connectivity index (χ1v) is 14.9. The van der Waals surface area contributed by atoms with Gasteiger partial charge in [0.15, 0.2) is 5.82 Å². The van der Waals surface area contributed by atoms with E-state index in [0.717, 1.165) is 52.2 Å². The summed E-state index contributed by atoms with van der Waals surface area (Å²) in [6.07, 6.45) is 3.78. The largest absolute Gasteiger partial charge is 0.457 e. The van der Waals surface area contributed by atoms with Crippen molar-refractivity contribution in [1.29, 1.82) is 0 Å². The number of pyridine rings is 2. The highest BCUT2D eigenvalue weighted by atomic mass is 16.5. The van der Waals surface area contributed by atoms with Gasteiger partial charge in [0.2, 0.25) is 0 Å². The summed E-state index contributed by atoms with van der Waals surface area (Å²) < 4.78 is 8.79. The summed E-state index contributed by atoms with van der Waals surface area (Å²) in [5.41, 5.74) is 5.57. The Balaban J connectivity index is 1.28. The van der Waals surface area contributed by atoms with Crippen molar-refractivity contribution in [3.8, 4) is 17.3 Å². The van der Waals surface area contributed by atoms with Gasteiger partial charge in [-0.05, 0) is 86.3 Å². The standard InChI is InChI=1S/C37H37N5O/c1-36(2,3)25-18-20-38-34(21-25)42-31-14-8-7-13-29(31)30-17-16-28(23-33(30)42)43-27-12-9-11-26(22-27)40-24-41(37(4,5)6)35-32(40)15-10-19-39-35/h7-23H,24H2,1-6H3. The molecular weight excluding hydrogens is 530 g/mol. The van der Waals surface area contributed by atoms with Crippen LogP contribution in [0.25, 0.3) is 27.6 Å². The zero-order chi connectivity index (χ0) is 29.9. The lowest BCUT2D eigenvalue weighted by molar-refractivity contribution is 0.483. The third-order valence-corrected chi connectivity index (χ3v) is 8.26. The fourth-order valence-corrected chi connectivity index (χ4v) is 5.96. The third-order valence-electron chi connectivity index (χ3n) is 8.26. The van der Waals surface area contributed by atoms with E-state index in [2.05, 4.69) is 135 Å². The maximum Gasteiger partial charge on any atom is 0.154 e. The van der Waals surface area contributed by atoms with Crippen LogP contribution in [0.3, 0.4) is 0 Å². The molecule has 43 heavy (non-hydrogen) atoms. The molecule has 1 aliphatic rings. The van der Waals surface area contributed by atoms with Crippen molar-refractivity contribution in [1.82, 2.24) is 14.5 Å². The lowest BCUT2D eigenvalue weighted by atomic mass is 9.88. The van der Waals surface area contributed by atoms with E-state index in [1.807, 2.05) is 24.5 Å². The highest BCUT2D eigenvalue weighted by Crippen LogP contribution is 2.43. The number of hydrogen-bond donors (Lipinski definition) is 0. The molecule has 0 saturated heterocycles. The van der Waals surface area contributed by atoms with Gasteiger partial charge in [-0.25, -0.2) is 9.97 Å². The lowest BCUT2D eigenvalue weighted by Gasteiger charge is -2.33. The van der Waals surface area contributed by atoms with Crippen molar-refractivity contribution in [2.45, 2.75) is 52.5 Å². The SMILES string of the molecule is CC(C)(C)c1ccnc(-n2c3ccccc3c3ccc(Oc4cccc(N5CN(C(C)(C)C)c6ncccc65)c4)cc32)c1. The molecule has 0 bridgehead atoms. The van der Waals surface area contributed by atoms with Crippen LogP contribution in [0.4, 0.5) is 17.2 Å². The van der Waals surface area contributed by atoms with E-state index < -0.39 is 0 Å². The Kier molecular flexibility index (Phi) is 6.20. The number of nitrogens with zero attached hydrogens (tertiary/aromatic N) is 5. The zero-order valence-electron chi connectivity index (χ0n) is 25.7. The van der Waals surface area contributed by atoms with E-state index >= 15 is 0 Å². The maximum atomic E-state index is 6.54. The van der Waals surface area contributed by atoms with E-state index in [4.69, 9.17) is 14.7 Å². The Bertz CT molecular complexity index is 1980. The minimum Gasteiger partial charge on any atom is -0.457 e. The zero-order valence-corrected chi connectivity index (χ0v) is 25.7. The van der Waals surface area contributed by atoms with Crippen LogP contribution in [0.1, 0.15) is 47.1 Å². The fraction of sp³-hybridized carbons (Fsp3) is 0.243. The molecule has 0 spiro atoms. The van der Waals surface area contributed by atoms with Crippen molar-refractivity contribution in [2.24, 2.45) is 0 Å². The molecule has 0 saturated carbocycles. The third kappa shape index (κ3) is 4.77. The van der Waals surface area contributed by atoms with E-state index in [0.29, 0.717) is 0 Å². The van der Waals surface area contributed by atoms with Gasteiger partial charge in [0.05, 0.1) is 23.4 Å². The van der Waals surface area contributed by atoms with Crippen LogP contribution >= 0.6 is 0 Å². The number of hydrogen-bond acceptors (Lipinski definition) is 5. The first kappa shape index (κ1) is 27.0. The summed E-state index contributed by atoms with van der Waals surface area (Å²) >= 11 is 0. The van der Waals surface area contributed by atoms with E-state index in [1.165, 1.54) is 16.3 Å². The minimum absolute atomic E-state index is 0.0194. The number of fused-ring (bicyclic) bond motifs is 4. The molecule has 7 rings (SSSR count). The van der Waals surface area contributed by atoms with Crippen LogP contribution in [0.2, 0.25) is 0 Å². The molecule has 6 nitrogen and oxygen atoms in total. The number of aromatic nitrogens is 3. The van der Waals surface area contributed by atoms with Crippen LogP contribution < -0.4 is 14.5 Å². The molecule has 6 heteroatoms. The number of benzene rings is 3. The molecule has 0 N–H and O–H groups in total. The maximum absolute atomic E-state index is 6.54. The Labute approximate surface area is 253 Å². The van der Waals surface area contributed by atoms with Gasteiger partial charge in [-0.15, -0.1) is 0 Å². The van der Waals surface area contributed by atoms with Crippen molar-refractivity contribution in [2.75, 3.05) is 16.5 Å². The highest BCUT2D eigenvalue weighted by molar-refractivity contribution is 6.09. The van der Waals surface area contributed by atoms with Gasteiger partial charge < -0.3 is 14.5 Å². The summed E-state index contributed by atoms with van der Waals surface area (Å²) in [6.45, 7) is 14.1. The smallest absolute Gasteiger partial charge is 0.154 e. The van der Waals surface area contributed by atoms with Crippen molar-refractivity contribution < 1.29 is 4.74 Å². The molecule has 3 aromatic heterocycles. The summed E-state index contributed by atoms with van der Waals surface area (Å²) in [5, 5.41) is 2.36. The molecule has 4 heterocycles. The number of anilines is 3. The second kappa shape index (κ2) is 9.87. The first-order chi connectivity index (χ1) is 20.6. The normalized spacial score (nSPS) is 13.6. The van der Waals surface area contributed by atoms with Crippen LogP contribution in [0.15, 0.2) is 103 Å².